The van der Waals surface area contributed by atoms with Gasteiger partial charge in [0.25, 0.3) is 5.56 Å². The highest BCUT2D eigenvalue weighted by Crippen LogP contribution is 2.20. The third kappa shape index (κ3) is 7.86. The van der Waals surface area contributed by atoms with E-state index in [9.17, 15) is 4.79 Å². The zero-order valence-electron chi connectivity index (χ0n) is 24.1. The van der Waals surface area contributed by atoms with Gasteiger partial charge in [0.05, 0.1) is 24.2 Å². The van der Waals surface area contributed by atoms with Crippen molar-refractivity contribution in [2.24, 2.45) is 0 Å². The Bertz CT molecular complexity index is 1600. The van der Waals surface area contributed by atoms with E-state index in [0.717, 1.165) is 66.2 Å². The average Bonchev–Trinajstić information content (AvgIpc) is 3.02. The summed E-state index contributed by atoms with van der Waals surface area (Å²) in [5, 5.41) is 7.25. The number of benzene rings is 4. The zero-order chi connectivity index (χ0) is 28.0. The highest BCUT2D eigenvalue weighted by molar-refractivity contribution is 6.30. The molecule has 0 saturated carbocycles. The summed E-state index contributed by atoms with van der Waals surface area (Å²) in [5.74, 6) is 0. The van der Waals surface area contributed by atoms with Crippen LogP contribution in [0.2, 0.25) is 5.02 Å². The van der Waals surface area contributed by atoms with E-state index >= 15 is 0 Å². The van der Waals surface area contributed by atoms with Gasteiger partial charge in [-0.3, -0.25) is 4.79 Å². The van der Waals surface area contributed by atoms with Gasteiger partial charge in [-0.15, -0.1) is 0 Å². The smallest absolute Gasteiger partial charge is 0.274 e. The third-order valence-electron chi connectivity index (χ3n) is 8.40. The fourth-order valence-corrected chi connectivity index (χ4v) is 6.41. The Kier molecular flexibility index (Phi) is 11.8. The van der Waals surface area contributed by atoms with Crippen LogP contribution in [0.25, 0.3) is 10.8 Å². The molecule has 1 aromatic heterocycles. The summed E-state index contributed by atoms with van der Waals surface area (Å²) in [5.41, 5.74) is 4.83. The molecule has 1 aliphatic heterocycles. The van der Waals surface area contributed by atoms with Gasteiger partial charge in [-0.05, 0) is 23.8 Å². The molecule has 0 amide bonds. The summed E-state index contributed by atoms with van der Waals surface area (Å²) in [4.78, 5) is 16.6. The molecule has 4 aromatic carbocycles. The number of rotatable bonds is 9. The second-order valence-electron chi connectivity index (χ2n) is 11.1. The lowest BCUT2D eigenvalue weighted by Crippen LogP contribution is -3.28. The lowest BCUT2D eigenvalue weighted by atomic mass is 9.96. The maximum Gasteiger partial charge on any atom is 0.274 e. The molecule has 5 aromatic rings. The number of hydrogen-bond acceptors (Lipinski definition) is 2. The standard InChI is InChI=1S/C35H35ClN4O.2ClH/c36-30-18-16-27(17-19-30)26-33-31-14-7-8-15-32(31)35(41)40(37-33)21-9-20-38-22-24-39(25-23-38)34(28-10-3-1-4-11-28)29-12-5-2-6-13-29;;/h1-8,10-19,34H,9,20-26H2;2*1H. The van der Waals surface area contributed by atoms with Gasteiger partial charge in [0, 0.05) is 34.4 Å². The molecular formula is C35H37Cl3N4O. The van der Waals surface area contributed by atoms with E-state index in [4.69, 9.17) is 16.7 Å². The number of fused-ring (bicyclic) bond motifs is 1. The monoisotopic (exact) mass is 634 g/mol. The number of halogens is 3. The molecular weight excluding hydrogens is 599 g/mol. The first-order valence-corrected chi connectivity index (χ1v) is 15.0. The van der Waals surface area contributed by atoms with E-state index in [1.165, 1.54) is 11.1 Å². The molecule has 0 aliphatic carbocycles. The molecule has 224 valence electrons. The molecule has 6 rings (SSSR count). The van der Waals surface area contributed by atoms with Crippen LogP contribution in [0, 0.1) is 0 Å². The highest BCUT2D eigenvalue weighted by Gasteiger charge is 2.31. The number of aryl methyl sites for hydroxylation is 1. The predicted molar refractivity (Wildman–Crippen MR) is 166 cm³/mol. The van der Waals surface area contributed by atoms with Gasteiger partial charge in [0.2, 0.25) is 0 Å². The van der Waals surface area contributed by atoms with Gasteiger partial charge in [-0.2, -0.15) is 5.10 Å². The molecule has 2 heterocycles. The SMILES string of the molecule is O=c1c2ccccc2c(Cc2ccc(Cl)cc2)nn1CCC[NH+]1CC[NH+](C(c2ccccc2)c2ccccc2)CC1.[Cl-].[Cl-]. The summed E-state index contributed by atoms with van der Waals surface area (Å²) in [6, 6.07) is 37.9. The molecule has 1 saturated heterocycles. The van der Waals surface area contributed by atoms with Crippen LogP contribution in [0.5, 0.6) is 0 Å². The Morgan fingerprint density at radius 2 is 1.28 bits per heavy atom. The molecule has 5 nitrogen and oxygen atoms in total. The first kappa shape index (κ1) is 32.7. The minimum absolute atomic E-state index is 0. The van der Waals surface area contributed by atoms with Crippen LogP contribution in [0.4, 0.5) is 0 Å². The van der Waals surface area contributed by atoms with Crippen molar-refractivity contribution in [1.82, 2.24) is 9.78 Å². The van der Waals surface area contributed by atoms with Crippen molar-refractivity contribution in [3.63, 3.8) is 0 Å². The predicted octanol–water partition coefficient (Wildman–Crippen LogP) is -2.39. The molecule has 0 bridgehead atoms. The molecule has 43 heavy (non-hydrogen) atoms. The summed E-state index contributed by atoms with van der Waals surface area (Å²) >= 11 is 6.09. The van der Waals surface area contributed by atoms with Gasteiger partial charge >= 0.3 is 0 Å². The average molecular weight is 636 g/mol. The third-order valence-corrected chi connectivity index (χ3v) is 8.65. The van der Waals surface area contributed by atoms with E-state index in [1.807, 2.05) is 48.5 Å². The Morgan fingerprint density at radius 3 is 1.88 bits per heavy atom. The highest BCUT2D eigenvalue weighted by atomic mass is 35.5. The van der Waals surface area contributed by atoms with E-state index < -0.39 is 0 Å². The van der Waals surface area contributed by atoms with Crippen molar-refractivity contribution in [2.45, 2.75) is 25.4 Å². The minimum Gasteiger partial charge on any atom is -1.00 e. The summed E-state index contributed by atoms with van der Waals surface area (Å²) < 4.78 is 1.69. The zero-order valence-corrected chi connectivity index (χ0v) is 26.3. The van der Waals surface area contributed by atoms with Crippen LogP contribution in [0.3, 0.4) is 0 Å². The largest absolute Gasteiger partial charge is 1.00 e. The molecule has 2 N–H and O–H groups in total. The second kappa shape index (κ2) is 15.5. The van der Waals surface area contributed by atoms with Crippen LogP contribution in [0.1, 0.15) is 34.8 Å². The van der Waals surface area contributed by atoms with E-state index in [-0.39, 0.29) is 30.4 Å². The van der Waals surface area contributed by atoms with Crippen LogP contribution < -0.4 is 40.2 Å². The number of hydrogen-bond donors (Lipinski definition) is 2. The Morgan fingerprint density at radius 1 is 0.721 bits per heavy atom. The maximum atomic E-state index is 13.3. The number of piperazine rings is 1. The van der Waals surface area contributed by atoms with Crippen molar-refractivity contribution in [3.05, 3.63) is 147 Å². The number of quaternary nitrogens is 2. The van der Waals surface area contributed by atoms with Crippen molar-refractivity contribution >= 4 is 22.4 Å². The van der Waals surface area contributed by atoms with E-state index in [0.29, 0.717) is 19.0 Å². The first-order valence-electron chi connectivity index (χ1n) is 14.7. The first-order chi connectivity index (χ1) is 20.2. The van der Waals surface area contributed by atoms with Crippen LogP contribution >= 0.6 is 11.6 Å². The number of aromatic nitrogens is 2. The van der Waals surface area contributed by atoms with Gasteiger partial charge < -0.3 is 34.6 Å². The number of nitrogens with zero attached hydrogens (tertiary/aromatic N) is 2. The lowest BCUT2D eigenvalue weighted by molar-refractivity contribution is -1.02. The van der Waals surface area contributed by atoms with E-state index in [1.54, 1.807) is 14.5 Å². The van der Waals surface area contributed by atoms with Crippen molar-refractivity contribution in [2.75, 3.05) is 32.7 Å². The van der Waals surface area contributed by atoms with Crippen molar-refractivity contribution in [3.8, 4) is 0 Å². The molecule has 1 fully saturated rings. The normalized spacial score (nSPS) is 16.4. The fourth-order valence-electron chi connectivity index (χ4n) is 6.28. The van der Waals surface area contributed by atoms with Crippen LogP contribution in [-0.4, -0.2) is 42.5 Å². The molecule has 0 radical (unpaired) electrons. The summed E-state index contributed by atoms with van der Waals surface area (Å²) in [6.07, 6.45) is 1.59. The minimum atomic E-state index is -0.00159. The Balaban J connectivity index is 0.00000212. The van der Waals surface area contributed by atoms with Gasteiger partial charge in [0.15, 0.2) is 0 Å². The van der Waals surface area contributed by atoms with Crippen LogP contribution in [0.15, 0.2) is 114 Å². The van der Waals surface area contributed by atoms with Gasteiger partial charge in [-0.1, -0.05) is 103 Å². The molecule has 0 spiro atoms. The topological polar surface area (TPSA) is 43.8 Å². The van der Waals surface area contributed by atoms with Gasteiger partial charge in [0.1, 0.15) is 32.2 Å². The fraction of sp³-hybridized carbons (Fsp3) is 0.257. The molecule has 0 atom stereocenters. The quantitative estimate of drug-likeness (QED) is 0.190. The lowest BCUT2D eigenvalue weighted by Gasteiger charge is -2.35. The molecule has 1 aliphatic rings. The second-order valence-corrected chi connectivity index (χ2v) is 11.5. The Labute approximate surface area is 270 Å². The molecule has 0 unspecified atom stereocenters. The maximum absolute atomic E-state index is 13.3. The summed E-state index contributed by atoms with van der Waals surface area (Å²) in [6.45, 7) is 6.20. The van der Waals surface area contributed by atoms with Gasteiger partial charge in [-0.25, -0.2) is 4.68 Å². The van der Waals surface area contributed by atoms with Crippen molar-refractivity contribution < 1.29 is 34.6 Å². The number of nitrogens with one attached hydrogen (secondary N) is 2. The molecule has 8 heteroatoms. The van der Waals surface area contributed by atoms with Crippen molar-refractivity contribution in [1.29, 1.82) is 0 Å². The van der Waals surface area contributed by atoms with E-state index in [2.05, 4.69) is 60.7 Å². The Hall–Kier alpha value is -3.19. The summed E-state index contributed by atoms with van der Waals surface area (Å²) in [7, 11) is 0. The van der Waals surface area contributed by atoms with Crippen LogP contribution in [-0.2, 0) is 13.0 Å².